The van der Waals surface area contributed by atoms with Crippen molar-refractivity contribution in [2.24, 2.45) is 0 Å². The van der Waals surface area contributed by atoms with E-state index in [9.17, 15) is 34.0 Å². The van der Waals surface area contributed by atoms with Gasteiger partial charge >= 0.3 is 0 Å². The molecule has 2 atom stereocenters. The molecule has 0 radical (unpaired) electrons. The van der Waals surface area contributed by atoms with Crippen LogP contribution in [0.1, 0.15) is 17.2 Å². The average Bonchev–Trinajstić information content (AvgIpc) is 2.72. The third kappa shape index (κ3) is 3.90. The summed E-state index contributed by atoms with van der Waals surface area (Å²) in [6.07, 6.45) is -1.08. The van der Waals surface area contributed by atoms with Crippen LogP contribution in [0.3, 0.4) is 0 Å². The maximum atomic E-state index is 12.9. The van der Waals surface area contributed by atoms with Crippen molar-refractivity contribution in [1.82, 2.24) is 4.72 Å². The first-order chi connectivity index (χ1) is 14.7. The molecule has 1 heterocycles. The first-order valence-corrected chi connectivity index (χ1v) is 10.7. The number of rotatable bonds is 4. The van der Waals surface area contributed by atoms with Gasteiger partial charge in [-0.2, -0.15) is 0 Å². The maximum absolute atomic E-state index is 12.9. The van der Waals surface area contributed by atoms with Crippen LogP contribution in [0.4, 0.5) is 0 Å². The van der Waals surface area contributed by atoms with Gasteiger partial charge < -0.3 is 30.3 Å². The minimum Gasteiger partial charge on any atom is -0.508 e. The zero-order valence-electron chi connectivity index (χ0n) is 15.9. The molecule has 0 saturated heterocycles. The predicted molar refractivity (Wildman–Crippen MR) is 109 cm³/mol. The molecule has 1 aliphatic rings. The first-order valence-electron chi connectivity index (χ1n) is 9.19. The molecule has 0 aromatic heterocycles. The van der Waals surface area contributed by atoms with E-state index in [2.05, 4.69) is 4.72 Å². The largest absolute Gasteiger partial charge is 0.508 e. The van der Waals surface area contributed by atoms with Gasteiger partial charge in [0.15, 0.2) is 17.2 Å². The van der Waals surface area contributed by atoms with E-state index in [-0.39, 0.29) is 39.7 Å². The van der Waals surface area contributed by atoms with E-state index in [1.165, 1.54) is 18.2 Å². The molecule has 162 valence electrons. The van der Waals surface area contributed by atoms with E-state index in [0.29, 0.717) is 0 Å². The highest BCUT2D eigenvalue weighted by molar-refractivity contribution is 7.89. The summed E-state index contributed by atoms with van der Waals surface area (Å²) >= 11 is 0. The molecule has 31 heavy (non-hydrogen) atoms. The van der Waals surface area contributed by atoms with Crippen LogP contribution in [0.15, 0.2) is 59.5 Å². The number of hydrogen-bond donors (Lipinski definition) is 6. The third-order valence-electron chi connectivity index (χ3n) is 4.99. The van der Waals surface area contributed by atoms with Crippen molar-refractivity contribution in [2.75, 3.05) is 0 Å². The van der Waals surface area contributed by atoms with Crippen molar-refractivity contribution >= 4 is 10.0 Å². The molecule has 0 aliphatic carbocycles. The highest BCUT2D eigenvalue weighted by atomic mass is 32.2. The van der Waals surface area contributed by atoms with Crippen LogP contribution < -0.4 is 9.46 Å². The Morgan fingerprint density at radius 1 is 0.871 bits per heavy atom. The van der Waals surface area contributed by atoms with Crippen LogP contribution in [0.5, 0.6) is 34.5 Å². The van der Waals surface area contributed by atoms with E-state index in [1.54, 1.807) is 18.2 Å². The second-order valence-electron chi connectivity index (χ2n) is 7.13. The lowest BCUT2D eigenvalue weighted by molar-refractivity contribution is 0.142. The number of aromatic hydroxyl groups is 5. The zero-order valence-corrected chi connectivity index (χ0v) is 16.7. The molecule has 3 aromatic carbocycles. The Morgan fingerprint density at radius 3 is 2.16 bits per heavy atom. The molecule has 0 fully saturated rings. The number of phenols is 5. The number of ether oxygens (including phenoxy) is 1. The second-order valence-corrected chi connectivity index (χ2v) is 8.85. The lowest BCUT2D eigenvalue weighted by Crippen LogP contribution is -2.44. The zero-order chi connectivity index (χ0) is 22.3. The monoisotopic (exact) mass is 445 g/mol. The van der Waals surface area contributed by atoms with E-state index in [0.717, 1.165) is 18.2 Å². The summed E-state index contributed by atoms with van der Waals surface area (Å²) in [4.78, 5) is 0.0193. The molecule has 0 unspecified atom stereocenters. The van der Waals surface area contributed by atoms with Crippen LogP contribution in [-0.4, -0.2) is 40.0 Å². The van der Waals surface area contributed by atoms with Crippen LogP contribution in [0, 0.1) is 0 Å². The Hall–Kier alpha value is -3.63. The standard InChI is InChI=1S/C21H19NO8S/c23-12-8-16(24)14-10-15(22-31(28,29)13-4-2-1-3-5-13)21(30-19(14)9-12)11-6-17(25)20(27)18(26)7-11/h1-9,15,21-27H,10H2/t15-,21-/m1/s1. The SMILES string of the molecule is O=S(=O)(N[C@@H]1Cc2c(O)cc(O)cc2O[C@@H]1c1cc(O)c(O)c(O)c1)c1ccccc1. The topological polar surface area (TPSA) is 157 Å². The third-order valence-corrected chi connectivity index (χ3v) is 6.50. The molecule has 1 aliphatic heterocycles. The van der Waals surface area contributed by atoms with E-state index in [4.69, 9.17) is 4.74 Å². The molecule has 0 spiro atoms. The van der Waals surface area contributed by atoms with Crippen molar-refractivity contribution in [1.29, 1.82) is 0 Å². The van der Waals surface area contributed by atoms with Gasteiger partial charge in [0, 0.05) is 29.7 Å². The molecule has 3 aromatic rings. The number of fused-ring (bicyclic) bond motifs is 1. The molecule has 0 saturated carbocycles. The lowest BCUT2D eigenvalue weighted by atomic mass is 9.92. The molecular weight excluding hydrogens is 426 g/mol. The van der Waals surface area contributed by atoms with Gasteiger partial charge in [-0.3, -0.25) is 0 Å². The second kappa shape index (κ2) is 7.56. The van der Waals surface area contributed by atoms with Gasteiger partial charge in [-0.15, -0.1) is 0 Å². The predicted octanol–water partition coefficient (Wildman–Crippen LogP) is 2.24. The molecule has 6 N–H and O–H groups in total. The number of nitrogens with one attached hydrogen (secondary N) is 1. The maximum Gasteiger partial charge on any atom is 0.240 e. The minimum absolute atomic E-state index is 0.0133. The Kier molecular flexibility index (Phi) is 5.03. The average molecular weight is 445 g/mol. The van der Waals surface area contributed by atoms with E-state index in [1.807, 2.05) is 0 Å². The first kappa shape index (κ1) is 20.6. The van der Waals surface area contributed by atoms with Gasteiger partial charge in [-0.25, -0.2) is 13.1 Å². The highest BCUT2D eigenvalue weighted by Crippen LogP contribution is 2.45. The van der Waals surface area contributed by atoms with Crippen molar-refractivity contribution in [2.45, 2.75) is 23.5 Å². The Morgan fingerprint density at radius 2 is 1.52 bits per heavy atom. The Bertz CT molecular complexity index is 1220. The quantitative estimate of drug-likeness (QED) is 0.334. The van der Waals surface area contributed by atoms with Crippen molar-refractivity contribution in [3.05, 3.63) is 65.7 Å². The van der Waals surface area contributed by atoms with Crippen LogP contribution in [0.2, 0.25) is 0 Å². The van der Waals surface area contributed by atoms with Gasteiger partial charge in [0.05, 0.1) is 10.9 Å². The number of benzene rings is 3. The molecule has 4 rings (SSSR count). The van der Waals surface area contributed by atoms with Crippen molar-refractivity contribution < 1.29 is 38.7 Å². The number of hydrogen-bond acceptors (Lipinski definition) is 8. The fourth-order valence-corrected chi connectivity index (χ4v) is 4.79. The summed E-state index contributed by atoms with van der Waals surface area (Å²) in [6.45, 7) is 0. The summed E-state index contributed by atoms with van der Waals surface area (Å²) < 4.78 is 34.2. The van der Waals surface area contributed by atoms with Gasteiger partial charge in [0.1, 0.15) is 23.4 Å². The summed E-state index contributed by atoms with van der Waals surface area (Å²) in [6, 6.07) is 11.4. The summed E-state index contributed by atoms with van der Waals surface area (Å²) in [5.41, 5.74) is 0.448. The molecule has 9 nitrogen and oxygen atoms in total. The van der Waals surface area contributed by atoms with E-state index < -0.39 is 39.4 Å². The van der Waals surface area contributed by atoms with Gasteiger partial charge in [-0.1, -0.05) is 18.2 Å². The van der Waals surface area contributed by atoms with Crippen LogP contribution in [0.25, 0.3) is 0 Å². The molecule has 0 amide bonds. The van der Waals surface area contributed by atoms with Gasteiger partial charge in [0.25, 0.3) is 0 Å². The highest BCUT2D eigenvalue weighted by Gasteiger charge is 2.37. The van der Waals surface area contributed by atoms with Gasteiger partial charge in [0.2, 0.25) is 10.0 Å². The molecule has 10 heteroatoms. The molecular formula is C21H19NO8S. The summed E-state index contributed by atoms with van der Waals surface area (Å²) in [5, 5.41) is 49.5. The summed E-state index contributed by atoms with van der Waals surface area (Å²) in [5.74, 6) is -2.37. The Balaban J connectivity index is 1.79. The number of phenolic OH excluding ortho intramolecular Hbond substituents is 5. The van der Waals surface area contributed by atoms with Crippen LogP contribution >= 0.6 is 0 Å². The Labute approximate surface area is 177 Å². The molecule has 0 bridgehead atoms. The fraction of sp³-hybridized carbons (Fsp3) is 0.143. The van der Waals surface area contributed by atoms with Gasteiger partial charge in [-0.05, 0) is 24.3 Å². The fourth-order valence-electron chi connectivity index (χ4n) is 3.53. The number of sulfonamides is 1. The normalized spacial score (nSPS) is 18.2. The minimum atomic E-state index is -3.99. The van der Waals surface area contributed by atoms with Crippen LogP contribution in [-0.2, 0) is 16.4 Å². The summed E-state index contributed by atoms with van der Waals surface area (Å²) in [7, 11) is -3.99. The smallest absolute Gasteiger partial charge is 0.240 e. The van der Waals surface area contributed by atoms with Crippen molar-refractivity contribution in [3.8, 4) is 34.5 Å². The van der Waals surface area contributed by atoms with E-state index >= 15 is 0 Å². The lowest BCUT2D eigenvalue weighted by Gasteiger charge is -2.34. The van der Waals surface area contributed by atoms with Crippen molar-refractivity contribution in [3.63, 3.8) is 0 Å².